The van der Waals surface area contributed by atoms with Crippen LogP contribution in [0.2, 0.25) is 0 Å². The molecule has 0 spiro atoms. The van der Waals surface area contributed by atoms with Crippen LogP contribution in [-0.2, 0) is 11.3 Å². The third kappa shape index (κ3) is 5.50. The van der Waals surface area contributed by atoms with Gasteiger partial charge in [-0.25, -0.2) is 4.39 Å². The maximum absolute atomic E-state index is 13.8. The molecule has 0 bridgehead atoms. The number of nitrogens with one attached hydrogen (secondary N) is 2. The van der Waals surface area contributed by atoms with Gasteiger partial charge in [0.1, 0.15) is 11.6 Å². The third-order valence-electron chi connectivity index (χ3n) is 4.74. The fourth-order valence-electron chi connectivity index (χ4n) is 3.19. The van der Waals surface area contributed by atoms with Crippen molar-refractivity contribution in [1.29, 1.82) is 0 Å². The number of ether oxygens (including phenoxy) is 1. The third-order valence-corrected chi connectivity index (χ3v) is 5.67. The Labute approximate surface area is 195 Å². The molecule has 1 heterocycles. The molecule has 2 N–H and O–H groups in total. The highest BCUT2D eigenvalue weighted by Gasteiger charge is 2.17. The summed E-state index contributed by atoms with van der Waals surface area (Å²) in [5.74, 6) is 0.639. The fraction of sp³-hybridized carbons (Fsp3) is 0.125. The number of hydrogen-bond acceptors (Lipinski definition) is 6. The number of anilines is 2. The minimum atomic E-state index is -0.479. The minimum Gasteiger partial charge on any atom is -0.495 e. The Morgan fingerprint density at radius 3 is 2.42 bits per heavy atom. The molecule has 1 aromatic heterocycles. The Kier molecular flexibility index (Phi) is 7.21. The second kappa shape index (κ2) is 10.6. The van der Waals surface area contributed by atoms with Crippen LogP contribution < -0.4 is 15.4 Å². The number of nitrogens with zero attached hydrogens (tertiary/aromatic N) is 3. The number of amides is 1. The lowest BCUT2D eigenvalue weighted by atomic mass is 10.3. The number of methoxy groups -OCH3 is 1. The molecule has 0 aliphatic rings. The van der Waals surface area contributed by atoms with Crippen molar-refractivity contribution in [2.75, 3.05) is 23.5 Å². The molecule has 0 aliphatic heterocycles. The Bertz CT molecular complexity index is 1230. The zero-order chi connectivity index (χ0) is 23.0. The molecule has 3 aromatic carbocycles. The Morgan fingerprint density at radius 1 is 0.970 bits per heavy atom. The van der Waals surface area contributed by atoms with Crippen LogP contribution in [0, 0.1) is 5.82 Å². The quantitative estimate of drug-likeness (QED) is 0.349. The topological polar surface area (TPSA) is 81.1 Å². The minimum absolute atomic E-state index is 0.0548. The summed E-state index contributed by atoms with van der Waals surface area (Å²) in [7, 11) is 1.62. The molecule has 33 heavy (non-hydrogen) atoms. The second-order valence-electron chi connectivity index (χ2n) is 6.94. The zero-order valence-electron chi connectivity index (χ0n) is 17.9. The number of benzene rings is 3. The number of hydrogen-bond donors (Lipinski definition) is 2. The van der Waals surface area contributed by atoms with E-state index in [1.165, 1.54) is 23.9 Å². The van der Waals surface area contributed by atoms with Crippen LogP contribution in [-0.4, -0.2) is 33.5 Å². The van der Waals surface area contributed by atoms with Crippen molar-refractivity contribution in [3.05, 3.63) is 90.5 Å². The SMILES string of the molecule is COc1ccccc1NCc1nnc(SCC(=O)Nc2ccccc2F)n1-c1ccccc1. The van der Waals surface area contributed by atoms with E-state index in [-0.39, 0.29) is 17.3 Å². The van der Waals surface area contributed by atoms with Gasteiger partial charge in [0.05, 0.1) is 30.8 Å². The number of thioether (sulfide) groups is 1. The fourth-order valence-corrected chi connectivity index (χ4v) is 3.96. The van der Waals surface area contributed by atoms with Crippen molar-refractivity contribution < 1.29 is 13.9 Å². The van der Waals surface area contributed by atoms with E-state index >= 15 is 0 Å². The number of aromatic nitrogens is 3. The molecule has 1 amide bonds. The normalized spacial score (nSPS) is 10.6. The van der Waals surface area contributed by atoms with Crippen molar-refractivity contribution in [2.24, 2.45) is 0 Å². The molecule has 4 rings (SSSR count). The first-order chi connectivity index (χ1) is 16.2. The molecule has 0 fully saturated rings. The monoisotopic (exact) mass is 463 g/mol. The largest absolute Gasteiger partial charge is 0.495 e. The molecule has 0 saturated heterocycles. The first-order valence-corrected chi connectivity index (χ1v) is 11.2. The smallest absolute Gasteiger partial charge is 0.234 e. The molecular weight excluding hydrogens is 441 g/mol. The molecule has 7 nitrogen and oxygen atoms in total. The maximum Gasteiger partial charge on any atom is 0.234 e. The van der Waals surface area contributed by atoms with E-state index in [4.69, 9.17) is 4.74 Å². The first-order valence-electron chi connectivity index (χ1n) is 10.2. The van der Waals surface area contributed by atoms with Crippen molar-refractivity contribution >= 4 is 29.0 Å². The van der Waals surface area contributed by atoms with Gasteiger partial charge in [-0.05, 0) is 36.4 Å². The van der Waals surface area contributed by atoms with Crippen molar-refractivity contribution in [2.45, 2.75) is 11.7 Å². The highest BCUT2D eigenvalue weighted by molar-refractivity contribution is 7.99. The van der Waals surface area contributed by atoms with Gasteiger partial charge in [-0.15, -0.1) is 10.2 Å². The van der Waals surface area contributed by atoms with Crippen molar-refractivity contribution in [3.8, 4) is 11.4 Å². The van der Waals surface area contributed by atoms with Crippen LogP contribution in [0.5, 0.6) is 5.75 Å². The van der Waals surface area contributed by atoms with E-state index < -0.39 is 5.82 Å². The van der Waals surface area contributed by atoms with E-state index in [0.717, 1.165) is 17.1 Å². The van der Waals surface area contributed by atoms with E-state index in [1.807, 2.05) is 59.2 Å². The standard InChI is InChI=1S/C24H22FN5O2S/c1-32-21-14-8-7-13-20(21)26-15-22-28-29-24(30(22)17-9-3-2-4-10-17)33-16-23(31)27-19-12-6-5-11-18(19)25/h2-14,26H,15-16H2,1H3,(H,27,31). The van der Waals surface area contributed by atoms with Crippen LogP contribution in [0.25, 0.3) is 5.69 Å². The summed E-state index contributed by atoms with van der Waals surface area (Å²) in [5.41, 5.74) is 1.85. The van der Waals surface area contributed by atoms with E-state index in [9.17, 15) is 9.18 Å². The summed E-state index contributed by atoms with van der Waals surface area (Å²) in [5, 5.41) is 15.1. The predicted octanol–water partition coefficient (Wildman–Crippen LogP) is 4.76. The maximum atomic E-state index is 13.8. The highest BCUT2D eigenvalue weighted by atomic mass is 32.2. The van der Waals surface area contributed by atoms with Gasteiger partial charge in [0, 0.05) is 5.69 Å². The molecular formula is C24H22FN5O2S. The van der Waals surface area contributed by atoms with E-state index in [1.54, 1.807) is 19.2 Å². The van der Waals surface area contributed by atoms with Gasteiger partial charge >= 0.3 is 0 Å². The number of para-hydroxylation sites is 4. The lowest BCUT2D eigenvalue weighted by Crippen LogP contribution is -2.15. The van der Waals surface area contributed by atoms with Crippen LogP contribution in [0.3, 0.4) is 0 Å². The van der Waals surface area contributed by atoms with Crippen LogP contribution in [0.1, 0.15) is 5.82 Å². The number of rotatable bonds is 9. The number of halogens is 1. The highest BCUT2D eigenvalue weighted by Crippen LogP contribution is 2.26. The molecule has 0 radical (unpaired) electrons. The van der Waals surface area contributed by atoms with Gasteiger partial charge < -0.3 is 15.4 Å². The van der Waals surface area contributed by atoms with Crippen LogP contribution in [0.4, 0.5) is 15.8 Å². The molecule has 0 aliphatic carbocycles. The van der Waals surface area contributed by atoms with Gasteiger partial charge in [-0.1, -0.05) is 54.2 Å². The van der Waals surface area contributed by atoms with E-state index in [2.05, 4.69) is 20.8 Å². The van der Waals surface area contributed by atoms with Gasteiger partial charge in [0.25, 0.3) is 0 Å². The molecule has 168 valence electrons. The average molecular weight is 464 g/mol. The van der Waals surface area contributed by atoms with Crippen molar-refractivity contribution in [1.82, 2.24) is 14.8 Å². The first kappa shape index (κ1) is 22.3. The van der Waals surface area contributed by atoms with Crippen LogP contribution >= 0.6 is 11.8 Å². The molecule has 9 heteroatoms. The van der Waals surface area contributed by atoms with Gasteiger partial charge in [-0.2, -0.15) is 0 Å². The second-order valence-corrected chi connectivity index (χ2v) is 7.88. The number of carbonyl (C=O) groups is 1. The zero-order valence-corrected chi connectivity index (χ0v) is 18.7. The summed E-state index contributed by atoms with van der Waals surface area (Å²) < 4.78 is 21.1. The predicted molar refractivity (Wildman–Crippen MR) is 127 cm³/mol. The summed E-state index contributed by atoms with van der Waals surface area (Å²) in [6, 6.07) is 23.3. The molecule has 0 atom stereocenters. The number of carbonyl (C=O) groups excluding carboxylic acids is 1. The lowest BCUT2D eigenvalue weighted by Gasteiger charge is -2.13. The molecule has 4 aromatic rings. The summed E-state index contributed by atoms with van der Waals surface area (Å²) >= 11 is 1.23. The molecule has 0 unspecified atom stereocenters. The van der Waals surface area contributed by atoms with E-state index in [0.29, 0.717) is 17.5 Å². The van der Waals surface area contributed by atoms with Gasteiger partial charge in [0.2, 0.25) is 5.91 Å². The average Bonchev–Trinajstić information content (AvgIpc) is 3.26. The summed E-state index contributed by atoms with van der Waals surface area (Å²) in [6.45, 7) is 0.393. The Morgan fingerprint density at radius 2 is 1.67 bits per heavy atom. The Balaban J connectivity index is 1.51. The Hall–Kier alpha value is -3.85. The van der Waals surface area contributed by atoms with Crippen LogP contribution in [0.15, 0.2) is 84.0 Å². The molecule has 0 saturated carbocycles. The summed E-state index contributed by atoms with van der Waals surface area (Å²) in [4.78, 5) is 12.4. The lowest BCUT2D eigenvalue weighted by molar-refractivity contribution is -0.113. The van der Waals surface area contributed by atoms with Gasteiger partial charge in [-0.3, -0.25) is 9.36 Å². The van der Waals surface area contributed by atoms with Gasteiger partial charge in [0.15, 0.2) is 11.0 Å². The summed E-state index contributed by atoms with van der Waals surface area (Å²) in [6.07, 6.45) is 0. The van der Waals surface area contributed by atoms with Crippen molar-refractivity contribution in [3.63, 3.8) is 0 Å².